The molecule has 0 atom stereocenters. The molecule has 2 aromatic rings. The Balaban J connectivity index is 2.12. The number of aromatic hydroxyl groups is 1. The number of amides is 1. The van der Waals surface area contributed by atoms with E-state index in [1.807, 2.05) is 27.7 Å². The van der Waals surface area contributed by atoms with Crippen LogP contribution in [-0.2, 0) is 5.41 Å². The number of rotatable bonds is 4. The van der Waals surface area contributed by atoms with E-state index in [0.717, 1.165) is 17.0 Å². The first-order chi connectivity index (χ1) is 10.8. The maximum Gasteiger partial charge on any atom is 0.291 e. The number of carbonyl (C=O) groups is 1. The average Bonchev–Trinajstić information content (AvgIpc) is 2.99. The highest BCUT2D eigenvalue weighted by Crippen LogP contribution is 2.20. The highest BCUT2D eigenvalue weighted by molar-refractivity contribution is 6.01. The number of hydrogen-bond donors (Lipinski definition) is 3. The van der Waals surface area contributed by atoms with Crippen molar-refractivity contribution in [2.75, 3.05) is 0 Å². The Morgan fingerprint density at radius 3 is 2.48 bits per heavy atom. The van der Waals surface area contributed by atoms with Crippen molar-refractivity contribution in [2.45, 2.75) is 39.5 Å². The van der Waals surface area contributed by atoms with Gasteiger partial charge in [0.25, 0.3) is 5.91 Å². The van der Waals surface area contributed by atoms with Crippen LogP contribution in [0.3, 0.4) is 0 Å². The molecule has 122 valence electrons. The van der Waals surface area contributed by atoms with Crippen LogP contribution in [0.2, 0.25) is 0 Å². The largest absolute Gasteiger partial charge is 0.508 e. The van der Waals surface area contributed by atoms with Crippen molar-refractivity contribution in [1.82, 2.24) is 15.6 Å². The van der Waals surface area contributed by atoms with Gasteiger partial charge in [-0.25, -0.2) is 5.43 Å². The molecule has 1 amide bonds. The topological polar surface area (TPSA) is 90.4 Å². The van der Waals surface area contributed by atoms with Crippen molar-refractivity contribution in [2.24, 2.45) is 5.10 Å². The van der Waals surface area contributed by atoms with Crippen molar-refractivity contribution in [3.05, 3.63) is 47.3 Å². The van der Waals surface area contributed by atoms with E-state index in [1.54, 1.807) is 30.3 Å². The van der Waals surface area contributed by atoms with Gasteiger partial charge in [-0.1, -0.05) is 27.7 Å². The summed E-state index contributed by atoms with van der Waals surface area (Å²) in [5.74, 6) is -0.166. The van der Waals surface area contributed by atoms with Gasteiger partial charge >= 0.3 is 0 Å². The lowest BCUT2D eigenvalue weighted by atomic mass is 9.92. The van der Waals surface area contributed by atoms with Crippen LogP contribution in [0.15, 0.2) is 35.4 Å². The molecule has 0 aliphatic rings. The second-order valence-corrected chi connectivity index (χ2v) is 6.32. The molecule has 6 nitrogen and oxygen atoms in total. The molecule has 0 bridgehead atoms. The van der Waals surface area contributed by atoms with Crippen LogP contribution in [0.4, 0.5) is 0 Å². The third-order valence-electron chi connectivity index (χ3n) is 3.45. The molecule has 6 heteroatoms. The quantitative estimate of drug-likeness (QED) is 0.598. The maximum absolute atomic E-state index is 12.2. The molecule has 0 aliphatic carbocycles. The minimum atomic E-state index is -0.360. The Hall–Kier alpha value is -2.63. The van der Waals surface area contributed by atoms with Crippen LogP contribution in [0.5, 0.6) is 5.75 Å². The lowest BCUT2D eigenvalue weighted by Gasteiger charge is -2.14. The van der Waals surface area contributed by atoms with E-state index in [9.17, 15) is 9.90 Å². The SMILES string of the molecule is CCC(=NNC(=O)c1cc(C(C)(C)C)[nH]n1)c1ccc(O)cc1. The van der Waals surface area contributed by atoms with Gasteiger partial charge in [-0.2, -0.15) is 10.2 Å². The minimum absolute atomic E-state index is 0.102. The number of hydrogen-bond acceptors (Lipinski definition) is 4. The molecule has 2 rings (SSSR count). The van der Waals surface area contributed by atoms with Crippen LogP contribution >= 0.6 is 0 Å². The summed E-state index contributed by atoms with van der Waals surface area (Å²) in [6.45, 7) is 8.07. The molecule has 0 saturated heterocycles. The van der Waals surface area contributed by atoms with Crippen LogP contribution in [-0.4, -0.2) is 26.9 Å². The molecule has 0 fully saturated rings. The number of H-pyrrole nitrogens is 1. The number of nitrogens with one attached hydrogen (secondary N) is 2. The summed E-state index contributed by atoms with van der Waals surface area (Å²) in [4.78, 5) is 12.2. The van der Waals surface area contributed by atoms with Crippen molar-refractivity contribution in [1.29, 1.82) is 0 Å². The first kappa shape index (κ1) is 16.7. The van der Waals surface area contributed by atoms with Crippen LogP contribution in [0, 0.1) is 0 Å². The first-order valence-corrected chi connectivity index (χ1v) is 7.53. The second kappa shape index (κ2) is 6.64. The van der Waals surface area contributed by atoms with E-state index in [0.29, 0.717) is 12.1 Å². The summed E-state index contributed by atoms with van der Waals surface area (Å²) in [5, 5.41) is 20.4. The number of aromatic amines is 1. The Bertz CT molecular complexity index is 709. The molecule has 1 aromatic carbocycles. The minimum Gasteiger partial charge on any atom is -0.508 e. The third kappa shape index (κ3) is 4.18. The van der Waals surface area contributed by atoms with Crippen molar-refractivity contribution < 1.29 is 9.90 Å². The number of nitrogens with zero attached hydrogens (tertiary/aromatic N) is 2. The molecular weight excluding hydrogens is 292 g/mol. The van der Waals surface area contributed by atoms with Gasteiger partial charge in [0, 0.05) is 11.1 Å². The van der Waals surface area contributed by atoms with E-state index in [-0.39, 0.29) is 17.1 Å². The molecule has 0 unspecified atom stereocenters. The summed E-state index contributed by atoms with van der Waals surface area (Å²) < 4.78 is 0. The fourth-order valence-electron chi connectivity index (χ4n) is 2.00. The number of carbonyl (C=O) groups excluding carboxylic acids is 1. The van der Waals surface area contributed by atoms with E-state index in [1.165, 1.54) is 0 Å². The van der Waals surface area contributed by atoms with Gasteiger partial charge in [0.1, 0.15) is 5.75 Å². The summed E-state index contributed by atoms with van der Waals surface area (Å²) in [6, 6.07) is 8.43. The zero-order chi connectivity index (χ0) is 17.0. The molecule has 3 N–H and O–H groups in total. The Morgan fingerprint density at radius 1 is 1.30 bits per heavy atom. The molecule has 0 saturated carbocycles. The molecule has 0 spiro atoms. The molecule has 1 heterocycles. The Kier molecular flexibility index (Phi) is 4.83. The maximum atomic E-state index is 12.2. The van der Waals surface area contributed by atoms with Crippen molar-refractivity contribution in [3.8, 4) is 5.75 Å². The Morgan fingerprint density at radius 2 is 1.96 bits per heavy atom. The molecule has 0 aliphatic heterocycles. The van der Waals surface area contributed by atoms with Crippen LogP contribution < -0.4 is 5.43 Å². The standard InChI is InChI=1S/C17H22N4O2/c1-5-13(11-6-8-12(22)9-7-11)18-21-16(23)14-10-15(20-19-14)17(2,3)4/h6-10,22H,5H2,1-4H3,(H,19,20)(H,21,23). The van der Waals surface area contributed by atoms with Gasteiger partial charge in [0.15, 0.2) is 5.69 Å². The zero-order valence-electron chi connectivity index (χ0n) is 13.8. The van der Waals surface area contributed by atoms with Gasteiger partial charge in [0.2, 0.25) is 0 Å². The van der Waals surface area contributed by atoms with Gasteiger partial charge in [-0.15, -0.1) is 0 Å². The second-order valence-electron chi connectivity index (χ2n) is 6.32. The fraction of sp³-hybridized carbons (Fsp3) is 0.353. The predicted molar refractivity (Wildman–Crippen MR) is 89.7 cm³/mol. The van der Waals surface area contributed by atoms with Gasteiger partial charge in [-0.3, -0.25) is 9.89 Å². The van der Waals surface area contributed by atoms with Crippen molar-refractivity contribution >= 4 is 11.6 Å². The molecular formula is C17H22N4O2. The number of benzene rings is 1. The zero-order valence-corrected chi connectivity index (χ0v) is 13.8. The van der Waals surface area contributed by atoms with Gasteiger partial charge in [-0.05, 0) is 42.3 Å². The van der Waals surface area contributed by atoms with E-state index in [2.05, 4.69) is 20.7 Å². The smallest absolute Gasteiger partial charge is 0.291 e. The summed E-state index contributed by atoms with van der Waals surface area (Å²) in [7, 11) is 0. The van der Waals surface area contributed by atoms with E-state index < -0.39 is 0 Å². The molecule has 23 heavy (non-hydrogen) atoms. The number of hydrazone groups is 1. The first-order valence-electron chi connectivity index (χ1n) is 7.53. The lowest BCUT2D eigenvalue weighted by molar-refractivity contribution is 0.0950. The monoisotopic (exact) mass is 314 g/mol. The third-order valence-corrected chi connectivity index (χ3v) is 3.45. The van der Waals surface area contributed by atoms with E-state index in [4.69, 9.17) is 0 Å². The van der Waals surface area contributed by atoms with Gasteiger partial charge < -0.3 is 5.11 Å². The fourth-order valence-corrected chi connectivity index (χ4v) is 2.00. The highest BCUT2D eigenvalue weighted by atomic mass is 16.3. The Labute approximate surface area is 135 Å². The number of aromatic nitrogens is 2. The summed E-state index contributed by atoms with van der Waals surface area (Å²) in [5.41, 5.74) is 5.20. The van der Waals surface area contributed by atoms with Crippen LogP contribution in [0.25, 0.3) is 0 Å². The highest BCUT2D eigenvalue weighted by Gasteiger charge is 2.19. The molecule has 1 aromatic heterocycles. The molecule has 0 radical (unpaired) electrons. The van der Waals surface area contributed by atoms with Gasteiger partial charge in [0.05, 0.1) is 5.71 Å². The predicted octanol–water partition coefficient (Wildman–Crippen LogP) is 2.96. The van der Waals surface area contributed by atoms with E-state index >= 15 is 0 Å². The normalized spacial score (nSPS) is 12.3. The number of phenols is 1. The number of phenolic OH excluding ortho intramolecular Hbond substituents is 1. The summed E-state index contributed by atoms with van der Waals surface area (Å²) >= 11 is 0. The average molecular weight is 314 g/mol. The lowest BCUT2D eigenvalue weighted by Crippen LogP contribution is -2.20. The van der Waals surface area contributed by atoms with Crippen LogP contribution in [0.1, 0.15) is 55.9 Å². The van der Waals surface area contributed by atoms with Crippen molar-refractivity contribution in [3.63, 3.8) is 0 Å². The summed E-state index contributed by atoms with van der Waals surface area (Å²) in [6.07, 6.45) is 0.652.